The third kappa shape index (κ3) is 3.81. The van der Waals surface area contributed by atoms with Gasteiger partial charge in [0.1, 0.15) is 0 Å². The van der Waals surface area contributed by atoms with Gasteiger partial charge in [-0.25, -0.2) is 4.79 Å². The highest BCUT2D eigenvalue weighted by atomic mass is 16.5. The number of ketones is 1. The van der Waals surface area contributed by atoms with Crippen molar-refractivity contribution in [3.05, 3.63) is 11.9 Å². The van der Waals surface area contributed by atoms with Gasteiger partial charge in [-0.05, 0) is 94.8 Å². The van der Waals surface area contributed by atoms with Gasteiger partial charge in [0.05, 0.1) is 25.0 Å². The minimum Gasteiger partial charge on any atom is -0.461 e. The molecule has 7 N–H and O–H groups in total. The molecule has 5 aliphatic rings. The number of hydrogen-bond donors (Lipinski definition) is 5. The van der Waals surface area contributed by atoms with E-state index in [-0.39, 0.29) is 35.1 Å². The molecular weight excluding hydrogens is 446 g/mol. The first-order chi connectivity index (χ1) is 16.4. The van der Waals surface area contributed by atoms with Gasteiger partial charge in [-0.2, -0.15) is 0 Å². The first-order valence-corrected chi connectivity index (χ1v) is 13.4. The Morgan fingerprint density at radius 1 is 1.14 bits per heavy atom. The van der Waals surface area contributed by atoms with Crippen molar-refractivity contribution in [1.82, 2.24) is 16.0 Å². The highest BCUT2D eigenvalue weighted by Gasteiger charge is 2.69. The van der Waals surface area contributed by atoms with E-state index in [1.54, 1.807) is 18.1 Å². The van der Waals surface area contributed by atoms with Gasteiger partial charge in [0, 0.05) is 17.0 Å². The number of nitrogens with two attached hydrogens (primary N) is 2. The lowest BCUT2D eigenvalue weighted by Crippen LogP contribution is -2.74. The number of aliphatic hydroxyl groups is 1. The molecule has 196 valence electrons. The second-order valence-corrected chi connectivity index (χ2v) is 12.5. The van der Waals surface area contributed by atoms with Crippen LogP contribution in [0.15, 0.2) is 11.9 Å². The number of carbonyl (C=O) groups excluding carboxylic acids is 2. The fourth-order valence-corrected chi connectivity index (χ4v) is 8.84. The molecule has 1 aliphatic heterocycles. The number of rotatable bonds is 5. The van der Waals surface area contributed by atoms with Gasteiger partial charge in [0.15, 0.2) is 11.5 Å². The Kier molecular flexibility index (Phi) is 6.02. The van der Waals surface area contributed by atoms with E-state index in [4.69, 9.17) is 16.2 Å². The quantitative estimate of drug-likeness (QED) is 0.363. The van der Waals surface area contributed by atoms with Crippen molar-refractivity contribution < 1.29 is 19.4 Å². The maximum absolute atomic E-state index is 13.6. The summed E-state index contributed by atoms with van der Waals surface area (Å²) in [5.41, 5.74) is 18.9. The molecule has 4 aliphatic carbocycles. The van der Waals surface area contributed by atoms with Crippen molar-refractivity contribution >= 4 is 11.8 Å². The van der Waals surface area contributed by atoms with Gasteiger partial charge < -0.3 is 21.3 Å². The van der Waals surface area contributed by atoms with Crippen LogP contribution in [0.1, 0.15) is 78.6 Å². The zero-order chi connectivity index (χ0) is 25.2. The Bertz CT molecular complexity index is 923. The van der Waals surface area contributed by atoms with Crippen molar-refractivity contribution in [2.75, 3.05) is 13.2 Å². The molecule has 0 radical (unpaired) electrons. The number of Topliss-reactive ketones (excluding diaryl/α,β-unsaturated/α-hetero) is 1. The van der Waals surface area contributed by atoms with Gasteiger partial charge in [0.25, 0.3) is 0 Å². The maximum Gasteiger partial charge on any atom is 0.357 e. The third-order valence-corrected chi connectivity index (χ3v) is 10.6. The molecule has 8 atom stereocenters. The summed E-state index contributed by atoms with van der Waals surface area (Å²) in [6.07, 6.45) is 9.54. The van der Waals surface area contributed by atoms with Crippen LogP contribution in [0.5, 0.6) is 0 Å². The summed E-state index contributed by atoms with van der Waals surface area (Å²) in [6, 6.07) is 0. The van der Waals surface area contributed by atoms with E-state index in [1.807, 2.05) is 6.92 Å². The number of ether oxygens (including phenoxy) is 1. The summed E-state index contributed by atoms with van der Waals surface area (Å²) < 4.78 is 5.02. The molecule has 2 unspecified atom stereocenters. The summed E-state index contributed by atoms with van der Waals surface area (Å²) in [4.78, 5) is 25.5. The molecule has 9 heteroatoms. The van der Waals surface area contributed by atoms with Crippen molar-refractivity contribution in [2.45, 2.75) is 95.2 Å². The average Bonchev–Trinajstić information content (AvgIpc) is 3.35. The largest absolute Gasteiger partial charge is 0.461 e. The van der Waals surface area contributed by atoms with Crippen LogP contribution in [0.4, 0.5) is 0 Å². The normalized spacial score (nSPS) is 46.7. The van der Waals surface area contributed by atoms with E-state index in [0.29, 0.717) is 24.1 Å². The van der Waals surface area contributed by atoms with E-state index in [2.05, 4.69) is 17.9 Å². The lowest BCUT2D eigenvalue weighted by atomic mass is 9.43. The number of hydrazine groups is 2. The zero-order valence-corrected chi connectivity index (χ0v) is 21.4. The Hall–Kier alpha value is -1.68. The van der Waals surface area contributed by atoms with Crippen LogP contribution in [-0.2, 0) is 14.3 Å². The summed E-state index contributed by atoms with van der Waals surface area (Å²) in [5.74, 6) is 0.604. The average molecular weight is 490 g/mol. The van der Waals surface area contributed by atoms with E-state index >= 15 is 0 Å². The Morgan fingerprint density at radius 3 is 2.66 bits per heavy atom. The maximum atomic E-state index is 13.6. The second kappa shape index (κ2) is 8.43. The highest BCUT2D eigenvalue weighted by Crippen LogP contribution is 2.66. The minimum atomic E-state index is -0.584. The van der Waals surface area contributed by atoms with Crippen molar-refractivity contribution in [2.24, 2.45) is 40.6 Å². The fourth-order valence-electron chi connectivity index (χ4n) is 8.84. The van der Waals surface area contributed by atoms with Crippen LogP contribution in [0, 0.1) is 29.1 Å². The van der Waals surface area contributed by atoms with Crippen LogP contribution in [0.3, 0.4) is 0 Å². The molecule has 5 rings (SSSR count). The predicted molar refractivity (Wildman–Crippen MR) is 131 cm³/mol. The molecule has 1 heterocycles. The molecule has 0 amide bonds. The molecule has 9 nitrogen and oxygen atoms in total. The smallest absolute Gasteiger partial charge is 0.357 e. The molecule has 0 bridgehead atoms. The minimum absolute atomic E-state index is 0.135. The number of nitrogens with zero attached hydrogens (tertiary/aromatic N) is 1. The van der Waals surface area contributed by atoms with E-state index in [9.17, 15) is 14.7 Å². The molecule has 4 saturated carbocycles. The molecular formula is C26H43N5O4. The zero-order valence-electron chi connectivity index (χ0n) is 21.4. The van der Waals surface area contributed by atoms with Gasteiger partial charge in [-0.3, -0.25) is 15.2 Å². The van der Waals surface area contributed by atoms with E-state index in [0.717, 1.165) is 57.8 Å². The van der Waals surface area contributed by atoms with Crippen LogP contribution < -0.4 is 22.4 Å². The first-order valence-electron chi connectivity index (χ1n) is 13.4. The summed E-state index contributed by atoms with van der Waals surface area (Å²) in [7, 11) is 0. The molecule has 0 aromatic rings. The second-order valence-electron chi connectivity index (χ2n) is 12.5. The summed E-state index contributed by atoms with van der Waals surface area (Å²) in [6.45, 7) is 6.39. The predicted octanol–water partition coefficient (Wildman–Crippen LogP) is 1.47. The Balaban J connectivity index is 1.32. The highest BCUT2D eigenvalue weighted by molar-refractivity contribution is 5.88. The van der Waals surface area contributed by atoms with Crippen molar-refractivity contribution in [3.8, 4) is 0 Å². The SMILES string of the molecule is CCOC(=O)C1=CN(CC(=O)[C@H]2CC[C@@]3(N)[C@@H]4CCC5C[C@](C)(O)CCC5[C@@]4(N)CC[C@]23C)NN1. The molecule has 0 aromatic carbocycles. The number of carbonyl (C=O) groups is 2. The number of fused-ring (bicyclic) bond motifs is 5. The lowest BCUT2D eigenvalue weighted by Gasteiger charge is -2.65. The third-order valence-electron chi connectivity index (χ3n) is 10.6. The van der Waals surface area contributed by atoms with Crippen LogP contribution in [0.25, 0.3) is 0 Å². The number of esters is 1. The van der Waals surface area contributed by atoms with Gasteiger partial charge >= 0.3 is 5.97 Å². The molecule has 35 heavy (non-hydrogen) atoms. The lowest BCUT2D eigenvalue weighted by molar-refractivity contribution is -0.139. The van der Waals surface area contributed by atoms with Gasteiger partial charge in [0.2, 0.25) is 0 Å². The van der Waals surface area contributed by atoms with Gasteiger partial charge in [-0.1, -0.05) is 6.92 Å². The monoisotopic (exact) mass is 489 g/mol. The van der Waals surface area contributed by atoms with E-state index < -0.39 is 17.1 Å². The Labute approximate surface area is 208 Å². The summed E-state index contributed by atoms with van der Waals surface area (Å²) in [5, 5.41) is 12.3. The number of hydrogen-bond acceptors (Lipinski definition) is 9. The van der Waals surface area contributed by atoms with Crippen LogP contribution in [-0.4, -0.2) is 51.7 Å². The van der Waals surface area contributed by atoms with Crippen molar-refractivity contribution in [1.29, 1.82) is 0 Å². The van der Waals surface area contributed by atoms with Crippen molar-refractivity contribution in [3.63, 3.8) is 0 Å². The Morgan fingerprint density at radius 2 is 1.91 bits per heavy atom. The van der Waals surface area contributed by atoms with Gasteiger partial charge in [-0.15, -0.1) is 5.53 Å². The molecule has 0 saturated heterocycles. The fraction of sp³-hybridized carbons (Fsp3) is 0.846. The first kappa shape index (κ1) is 25.0. The molecule has 4 fully saturated rings. The van der Waals surface area contributed by atoms with Crippen LogP contribution in [0.2, 0.25) is 0 Å². The molecule has 0 spiro atoms. The standard InChI is InChI=1S/C26H43N5O4/c1-4-35-22(33)19-14-31(30-29-19)15-20(32)18-8-10-26(28)21-6-5-16-13-23(2,34)9-7-17(16)25(21,27)12-11-24(18,26)3/h14,16-18,21,29-30,34H,4-13,15,27-28H2,1-3H3/t16?,17?,18-,21-,23-,24-,25+,26-/m1/s1. The van der Waals surface area contributed by atoms with E-state index in [1.165, 1.54) is 0 Å². The topological polar surface area (TPSA) is 143 Å². The number of nitrogens with one attached hydrogen (secondary N) is 2. The summed E-state index contributed by atoms with van der Waals surface area (Å²) >= 11 is 0. The van der Waals surface area contributed by atoms with Crippen LogP contribution >= 0.6 is 0 Å². The molecule has 0 aromatic heterocycles.